The highest BCUT2D eigenvalue weighted by Gasteiger charge is 2.24. The molecule has 0 bridgehead atoms. The molecule has 1 saturated heterocycles. The number of halogens is 2. The van der Waals surface area contributed by atoms with Gasteiger partial charge in [-0.3, -0.25) is 9.78 Å². The molecule has 3 aromatic rings. The van der Waals surface area contributed by atoms with Gasteiger partial charge >= 0.3 is 0 Å². The van der Waals surface area contributed by atoms with Crippen LogP contribution in [0.2, 0.25) is 5.02 Å². The molecule has 1 aromatic carbocycles. The standard InChI is InChI=1S/C24H25ClFN5O2/c1-3-22(32)29-15-7-10-31(11-8-15)21-14-28-23(18-5-4-16(33-2)12-20(18)26)24(30-21)17-6-9-27-13-19(17)25/h4-6,9,12-15H,3,7-8,10-11H2,1-2H3,(H,29,32). The Hall–Kier alpha value is -3.26. The van der Waals surface area contributed by atoms with Crippen molar-refractivity contribution in [1.82, 2.24) is 20.3 Å². The van der Waals surface area contributed by atoms with Gasteiger partial charge in [-0.2, -0.15) is 0 Å². The summed E-state index contributed by atoms with van der Waals surface area (Å²) < 4.78 is 20.0. The van der Waals surface area contributed by atoms with E-state index in [0.717, 1.165) is 25.9 Å². The highest BCUT2D eigenvalue weighted by molar-refractivity contribution is 6.33. The average molecular weight is 470 g/mol. The van der Waals surface area contributed by atoms with Crippen LogP contribution in [-0.4, -0.2) is 47.1 Å². The van der Waals surface area contributed by atoms with Gasteiger partial charge in [-0.25, -0.2) is 14.4 Å². The lowest BCUT2D eigenvalue weighted by molar-refractivity contribution is -0.121. The number of carbonyl (C=O) groups excluding carboxylic acids is 1. The SMILES string of the molecule is CCC(=O)NC1CCN(c2cnc(-c3ccc(OC)cc3F)c(-c3ccncc3Cl)n2)CC1. The number of methoxy groups -OCH3 is 1. The second kappa shape index (κ2) is 10.1. The fourth-order valence-corrected chi connectivity index (χ4v) is 4.09. The number of amides is 1. The number of nitrogens with one attached hydrogen (secondary N) is 1. The third-order valence-electron chi connectivity index (χ3n) is 5.72. The van der Waals surface area contributed by atoms with Gasteiger partial charge in [-0.15, -0.1) is 0 Å². The monoisotopic (exact) mass is 469 g/mol. The summed E-state index contributed by atoms with van der Waals surface area (Å²) in [7, 11) is 1.49. The van der Waals surface area contributed by atoms with E-state index in [2.05, 4.69) is 20.2 Å². The zero-order chi connectivity index (χ0) is 23.4. The molecule has 0 radical (unpaired) electrons. The Morgan fingerprint density at radius 3 is 2.67 bits per heavy atom. The number of hydrogen-bond acceptors (Lipinski definition) is 6. The van der Waals surface area contributed by atoms with E-state index in [-0.39, 0.29) is 11.9 Å². The summed E-state index contributed by atoms with van der Waals surface area (Å²) in [5.74, 6) is 0.696. The van der Waals surface area contributed by atoms with Crippen LogP contribution in [0.4, 0.5) is 10.2 Å². The first-order valence-corrected chi connectivity index (χ1v) is 11.2. The number of anilines is 1. The zero-order valence-corrected chi connectivity index (χ0v) is 19.3. The Kier molecular flexibility index (Phi) is 7.03. The summed E-state index contributed by atoms with van der Waals surface area (Å²) in [5, 5.41) is 3.46. The fraction of sp³-hybridized carbons (Fsp3) is 0.333. The van der Waals surface area contributed by atoms with Gasteiger partial charge in [0.15, 0.2) is 0 Å². The summed E-state index contributed by atoms with van der Waals surface area (Å²) in [6, 6.07) is 6.52. The molecular formula is C24H25ClFN5O2. The van der Waals surface area contributed by atoms with Crippen molar-refractivity contribution in [2.75, 3.05) is 25.1 Å². The third-order valence-corrected chi connectivity index (χ3v) is 6.03. The van der Waals surface area contributed by atoms with E-state index in [1.165, 1.54) is 19.4 Å². The van der Waals surface area contributed by atoms with Crippen LogP contribution in [0.15, 0.2) is 42.9 Å². The number of piperidine rings is 1. The normalized spacial score (nSPS) is 14.2. The second-order valence-corrected chi connectivity index (χ2v) is 8.22. The predicted molar refractivity (Wildman–Crippen MR) is 126 cm³/mol. The second-order valence-electron chi connectivity index (χ2n) is 7.81. The molecule has 1 N–H and O–H groups in total. The molecule has 2 aromatic heterocycles. The van der Waals surface area contributed by atoms with E-state index in [1.807, 2.05) is 6.92 Å². The molecule has 4 rings (SSSR count). The van der Waals surface area contributed by atoms with Crippen LogP contribution in [0.25, 0.3) is 22.5 Å². The Bertz CT molecular complexity index is 1150. The number of rotatable bonds is 6. The molecule has 1 aliphatic rings. The minimum absolute atomic E-state index is 0.0636. The molecule has 0 saturated carbocycles. The zero-order valence-electron chi connectivity index (χ0n) is 18.5. The van der Waals surface area contributed by atoms with Crippen LogP contribution in [0.1, 0.15) is 26.2 Å². The van der Waals surface area contributed by atoms with Gasteiger partial charge in [0, 0.05) is 55.1 Å². The average Bonchev–Trinajstić information content (AvgIpc) is 2.84. The molecule has 7 nitrogen and oxygen atoms in total. The summed E-state index contributed by atoms with van der Waals surface area (Å²) in [5.41, 5.74) is 1.79. The van der Waals surface area contributed by atoms with Crippen LogP contribution in [0, 0.1) is 5.82 Å². The number of benzene rings is 1. The first-order chi connectivity index (χ1) is 16.0. The number of ether oxygens (including phenoxy) is 1. The van der Waals surface area contributed by atoms with Crippen LogP contribution in [0.3, 0.4) is 0 Å². The van der Waals surface area contributed by atoms with Crippen molar-refractivity contribution < 1.29 is 13.9 Å². The van der Waals surface area contributed by atoms with Crippen molar-refractivity contribution in [1.29, 1.82) is 0 Å². The van der Waals surface area contributed by atoms with Crippen molar-refractivity contribution >= 4 is 23.3 Å². The van der Waals surface area contributed by atoms with Gasteiger partial charge in [0.05, 0.1) is 24.0 Å². The van der Waals surface area contributed by atoms with Gasteiger partial charge in [-0.1, -0.05) is 18.5 Å². The summed E-state index contributed by atoms with van der Waals surface area (Å²) >= 11 is 6.43. The molecular weight excluding hydrogens is 445 g/mol. The van der Waals surface area contributed by atoms with Crippen molar-refractivity contribution in [3.8, 4) is 28.3 Å². The number of hydrogen-bond donors (Lipinski definition) is 1. The lowest BCUT2D eigenvalue weighted by atomic mass is 10.0. The number of nitrogens with zero attached hydrogens (tertiary/aromatic N) is 4. The van der Waals surface area contributed by atoms with E-state index >= 15 is 0 Å². The van der Waals surface area contributed by atoms with Gasteiger partial charge in [-0.05, 0) is 31.0 Å². The van der Waals surface area contributed by atoms with Crippen LogP contribution < -0.4 is 15.0 Å². The fourth-order valence-electron chi connectivity index (χ4n) is 3.88. The van der Waals surface area contributed by atoms with E-state index < -0.39 is 5.82 Å². The van der Waals surface area contributed by atoms with Crippen molar-refractivity contribution in [2.24, 2.45) is 0 Å². The minimum atomic E-state index is -0.463. The highest BCUT2D eigenvalue weighted by Crippen LogP contribution is 2.36. The maximum absolute atomic E-state index is 14.9. The summed E-state index contributed by atoms with van der Waals surface area (Å²) in [6.07, 6.45) is 6.90. The molecule has 3 heterocycles. The number of pyridine rings is 1. The molecule has 0 unspecified atom stereocenters. The van der Waals surface area contributed by atoms with Gasteiger partial charge < -0.3 is 15.0 Å². The van der Waals surface area contributed by atoms with E-state index in [4.69, 9.17) is 21.3 Å². The predicted octanol–water partition coefficient (Wildman–Crippen LogP) is 4.50. The first kappa shape index (κ1) is 22.9. The smallest absolute Gasteiger partial charge is 0.219 e. The summed E-state index contributed by atoms with van der Waals surface area (Å²) in [6.45, 7) is 3.30. The topological polar surface area (TPSA) is 80.2 Å². The molecule has 1 fully saturated rings. The van der Waals surface area contributed by atoms with E-state index in [9.17, 15) is 9.18 Å². The van der Waals surface area contributed by atoms with Crippen molar-refractivity contribution in [2.45, 2.75) is 32.2 Å². The lowest BCUT2D eigenvalue weighted by Crippen LogP contribution is -2.44. The van der Waals surface area contributed by atoms with Crippen LogP contribution in [0.5, 0.6) is 5.75 Å². The molecule has 1 aliphatic heterocycles. The highest BCUT2D eigenvalue weighted by atomic mass is 35.5. The van der Waals surface area contributed by atoms with Gasteiger partial charge in [0.1, 0.15) is 23.1 Å². The quantitative estimate of drug-likeness (QED) is 0.572. The molecule has 0 aliphatic carbocycles. The number of carbonyl (C=O) groups is 1. The molecule has 0 atom stereocenters. The molecule has 9 heteroatoms. The van der Waals surface area contributed by atoms with Gasteiger partial charge in [0.2, 0.25) is 5.91 Å². The Morgan fingerprint density at radius 2 is 2.00 bits per heavy atom. The third kappa shape index (κ3) is 5.06. The van der Waals surface area contributed by atoms with Crippen molar-refractivity contribution in [3.05, 3.63) is 53.7 Å². The van der Waals surface area contributed by atoms with E-state index in [1.54, 1.807) is 30.6 Å². The Morgan fingerprint density at radius 1 is 1.21 bits per heavy atom. The molecule has 0 spiro atoms. The Balaban J connectivity index is 1.69. The lowest BCUT2D eigenvalue weighted by Gasteiger charge is -2.33. The maximum atomic E-state index is 14.9. The first-order valence-electron chi connectivity index (χ1n) is 10.8. The van der Waals surface area contributed by atoms with Crippen molar-refractivity contribution in [3.63, 3.8) is 0 Å². The van der Waals surface area contributed by atoms with Gasteiger partial charge in [0.25, 0.3) is 0 Å². The van der Waals surface area contributed by atoms with Crippen LogP contribution >= 0.6 is 11.6 Å². The maximum Gasteiger partial charge on any atom is 0.219 e. The van der Waals surface area contributed by atoms with E-state index in [0.29, 0.717) is 45.5 Å². The largest absolute Gasteiger partial charge is 0.497 e. The number of aromatic nitrogens is 3. The van der Waals surface area contributed by atoms with Crippen LogP contribution in [-0.2, 0) is 4.79 Å². The molecule has 1 amide bonds. The Labute approximate surface area is 197 Å². The molecule has 172 valence electrons. The minimum Gasteiger partial charge on any atom is -0.497 e. The summed E-state index contributed by atoms with van der Waals surface area (Å²) in [4.78, 5) is 27.3. The molecule has 33 heavy (non-hydrogen) atoms.